The Morgan fingerprint density at radius 3 is 2.62 bits per heavy atom. The fourth-order valence-corrected chi connectivity index (χ4v) is 5.27. The third-order valence-corrected chi connectivity index (χ3v) is 7.44. The molecule has 3 rings (SSSR count). The summed E-state index contributed by atoms with van der Waals surface area (Å²) < 4.78 is 29.4. The Bertz CT molecular complexity index is 962. The Balaban J connectivity index is 1.86. The number of amides is 1. The van der Waals surface area contributed by atoms with Gasteiger partial charge in [0, 0.05) is 38.5 Å². The number of carbonyl (C=O) groups excluding carboxylic acids is 1. The first kappa shape index (κ1) is 21.8. The van der Waals surface area contributed by atoms with E-state index in [4.69, 9.17) is 4.98 Å². The second kappa shape index (κ2) is 9.26. The van der Waals surface area contributed by atoms with Crippen LogP contribution in [-0.2, 0) is 27.8 Å². The Labute approximate surface area is 173 Å². The summed E-state index contributed by atoms with van der Waals surface area (Å²) in [5, 5.41) is 2.98. The van der Waals surface area contributed by atoms with Gasteiger partial charge < -0.3 is 9.88 Å². The lowest BCUT2D eigenvalue weighted by Gasteiger charge is -2.15. The first-order valence-electron chi connectivity index (χ1n) is 10.7. The number of aryl methyl sites for hydroxylation is 2. The number of hydrogen-bond donors (Lipinski definition) is 1. The Hall–Kier alpha value is -1.93. The second-order valence-electron chi connectivity index (χ2n) is 7.82. The number of benzene rings is 1. The van der Waals surface area contributed by atoms with Gasteiger partial charge in [0.15, 0.2) is 0 Å². The van der Waals surface area contributed by atoms with E-state index in [0.29, 0.717) is 36.3 Å². The van der Waals surface area contributed by atoms with Crippen molar-refractivity contribution in [3.63, 3.8) is 0 Å². The van der Waals surface area contributed by atoms with Crippen LogP contribution < -0.4 is 5.32 Å². The van der Waals surface area contributed by atoms with Crippen LogP contribution in [0.1, 0.15) is 58.7 Å². The van der Waals surface area contributed by atoms with E-state index in [9.17, 15) is 13.2 Å². The van der Waals surface area contributed by atoms with Gasteiger partial charge in [0.1, 0.15) is 5.82 Å². The maximum Gasteiger partial charge on any atom is 0.243 e. The van der Waals surface area contributed by atoms with Crippen molar-refractivity contribution in [2.24, 2.45) is 0 Å². The SMILES string of the molecule is CCCn1c(CCC(=O)N[C@@H](C)CC)nc2cc(S(=O)(=O)N3CCCC3)ccc21. The van der Waals surface area contributed by atoms with Gasteiger partial charge in [0.25, 0.3) is 0 Å². The number of imidazole rings is 1. The zero-order valence-corrected chi connectivity index (χ0v) is 18.5. The lowest BCUT2D eigenvalue weighted by molar-refractivity contribution is -0.121. The minimum Gasteiger partial charge on any atom is -0.354 e. The van der Waals surface area contributed by atoms with Crippen molar-refractivity contribution in [1.29, 1.82) is 0 Å². The van der Waals surface area contributed by atoms with Crippen LogP contribution in [0.25, 0.3) is 11.0 Å². The minimum atomic E-state index is -3.47. The number of sulfonamides is 1. The van der Waals surface area contributed by atoms with Crippen molar-refractivity contribution >= 4 is 27.0 Å². The smallest absolute Gasteiger partial charge is 0.243 e. The minimum absolute atomic E-state index is 0.0201. The van der Waals surface area contributed by atoms with Crippen molar-refractivity contribution in [1.82, 2.24) is 19.2 Å². The van der Waals surface area contributed by atoms with E-state index in [1.54, 1.807) is 16.4 Å². The van der Waals surface area contributed by atoms with Gasteiger partial charge in [-0.1, -0.05) is 13.8 Å². The number of aromatic nitrogens is 2. The molecule has 1 N–H and O–H groups in total. The summed E-state index contributed by atoms with van der Waals surface area (Å²) in [5.74, 6) is 0.851. The molecule has 0 spiro atoms. The highest BCUT2D eigenvalue weighted by Gasteiger charge is 2.27. The summed E-state index contributed by atoms with van der Waals surface area (Å²) in [7, 11) is -3.47. The fourth-order valence-electron chi connectivity index (χ4n) is 3.74. The van der Waals surface area contributed by atoms with Crippen molar-refractivity contribution in [3.8, 4) is 0 Å². The lowest BCUT2D eigenvalue weighted by Crippen LogP contribution is -2.32. The van der Waals surface area contributed by atoms with Gasteiger partial charge in [-0.15, -0.1) is 0 Å². The van der Waals surface area contributed by atoms with Crippen molar-refractivity contribution in [2.75, 3.05) is 13.1 Å². The van der Waals surface area contributed by atoms with Crippen molar-refractivity contribution in [3.05, 3.63) is 24.0 Å². The van der Waals surface area contributed by atoms with Gasteiger partial charge in [-0.25, -0.2) is 13.4 Å². The standard InChI is InChI=1S/C21H32N4O3S/c1-4-12-25-19-9-8-17(29(27,28)24-13-6-7-14-24)15-18(19)23-20(25)10-11-21(26)22-16(3)5-2/h8-9,15-16H,4-7,10-14H2,1-3H3,(H,22,26)/t16-/m0/s1. The van der Waals surface area contributed by atoms with E-state index in [2.05, 4.69) is 16.8 Å². The summed E-state index contributed by atoms with van der Waals surface area (Å²) in [4.78, 5) is 17.2. The van der Waals surface area contributed by atoms with Crippen LogP contribution >= 0.6 is 0 Å². The van der Waals surface area contributed by atoms with E-state index in [-0.39, 0.29) is 11.9 Å². The molecule has 0 aliphatic carbocycles. The average molecular weight is 421 g/mol. The monoisotopic (exact) mass is 420 g/mol. The van der Waals surface area contributed by atoms with Crippen molar-refractivity contribution in [2.45, 2.75) is 76.8 Å². The van der Waals surface area contributed by atoms with Gasteiger partial charge in [-0.05, 0) is 50.8 Å². The number of rotatable bonds is 9. The predicted octanol–water partition coefficient (Wildman–Crippen LogP) is 3.08. The number of fused-ring (bicyclic) bond motifs is 1. The molecule has 1 fully saturated rings. The van der Waals surface area contributed by atoms with Gasteiger partial charge in [0.2, 0.25) is 15.9 Å². The summed E-state index contributed by atoms with van der Waals surface area (Å²) in [6, 6.07) is 5.38. The van der Waals surface area contributed by atoms with Crippen LogP contribution in [0.4, 0.5) is 0 Å². The molecule has 0 unspecified atom stereocenters. The third-order valence-electron chi connectivity index (χ3n) is 5.54. The van der Waals surface area contributed by atoms with Gasteiger partial charge >= 0.3 is 0 Å². The molecule has 8 heteroatoms. The van der Waals surface area contributed by atoms with Crippen LogP contribution in [0.15, 0.2) is 23.1 Å². The van der Waals surface area contributed by atoms with E-state index in [0.717, 1.165) is 43.6 Å². The molecule has 160 valence electrons. The molecule has 1 aliphatic heterocycles. The zero-order chi connectivity index (χ0) is 21.0. The second-order valence-corrected chi connectivity index (χ2v) is 9.76. The molecule has 2 aromatic rings. The molecule has 1 aromatic carbocycles. The summed E-state index contributed by atoms with van der Waals surface area (Å²) in [6.45, 7) is 8.09. The zero-order valence-electron chi connectivity index (χ0n) is 17.6. The molecule has 1 amide bonds. The van der Waals surface area contributed by atoms with E-state index >= 15 is 0 Å². The first-order valence-corrected chi connectivity index (χ1v) is 12.1. The molecular formula is C21H32N4O3S. The fraction of sp³-hybridized carbons (Fsp3) is 0.619. The molecule has 1 aliphatic rings. The van der Waals surface area contributed by atoms with Crippen molar-refractivity contribution < 1.29 is 13.2 Å². The van der Waals surface area contributed by atoms with Crippen LogP contribution in [0.2, 0.25) is 0 Å². The van der Waals surface area contributed by atoms with Gasteiger partial charge in [0.05, 0.1) is 15.9 Å². The largest absolute Gasteiger partial charge is 0.354 e. The highest BCUT2D eigenvalue weighted by atomic mass is 32.2. The molecule has 0 radical (unpaired) electrons. The Kier molecular flexibility index (Phi) is 6.95. The van der Waals surface area contributed by atoms with E-state index < -0.39 is 10.0 Å². The topological polar surface area (TPSA) is 84.3 Å². The molecule has 0 bridgehead atoms. The molecular weight excluding hydrogens is 388 g/mol. The van der Waals surface area contributed by atoms with Crippen LogP contribution in [0.5, 0.6) is 0 Å². The van der Waals surface area contributed by atoms with Crippen LogP contribution in [0, 0.1) is 0 Å². The molecule has 1 aromatic heterocycles. The molecule has 29 heavy (non-hydrogen) atoms. The number of nitrogens with zero attached hydrogens (tertiary/aromatic N) is 3. The maximum atomic E-state index is 12.9. The first-order chi connectivity index (χ1) is 13.9. The van der Waals surface area contributed by atoms with Gasteiger partial charge in [-0.3, -0.25) is 4.79 Å². The average Bonchev–Trinajstić information content (AvgIpc) is 3.35. The highest BCUT2D eigenvalue weighted by molar-refractivity contribution is 7.89. The van der Waals surface area contributed by atoms with E-state index in [1.165, 1.54) is 0 Å². The molecule has 7 nitrogen and oxygen atoms in total. The Morgan fingerprint density at radius 2 is 1.97 bits per heavy atom. The van der Waals surface area contributed by atoms with Crippen LogP contribution in [0.3, 0.4) is 0 Å². The van der Waals surface area contributed by atoms with Crippen LogP contribution in [-0.4, -0.2) is 47.3 Å². The summed E-state index contributed by atoms with van der Waals surface area (Å²) in [6.07, 6.45) is 4.56. The molecule has 2 heterocycles. The molecule has 1 saturated heterocycles. The normalized spacial score (nSPS) is 16.4. The number of hydrogen-bond acceptors (Lipinski definition) is 4. The predicted molar refractivity (Wildman–Crippen MR) is 114 cm³/mol. The maximum absolute atomic E-state index is 12.9. The summed E-state index contributed by atoms with van der Waals surface area (Å²) >= 11 is 0. The Morgan fingerprint density at radius 1 is 1.24 bits per heavy atom. The molecule has 1 atom stereocenters. The van der Waals surface area contributed by atoms with Gasteiger partial charge in [-0.2, -0.15) is 4.31 Å². The lowest BCUT2D eigenvalue weighted by atomic mass is 10.2. The highest BCUT2D eigenvalue weighted by Crippen LogP contribution is 2.25. The number of carbonyl (C=O) groups is 1. The quantitative estimate of drug-likeness (QED) is 0.676. The number of nitrogens with one attached hydrogen (secondary N) is 1. The van der Waals surface area contributed by atoms with E-state index in [1.807, 2.05) is 19.9 Å². The third kappa shape index (κ3) is 4.80. The summed E-state index contributed by atoms with van der Waals surface area (Å²) in [5.41, 5.74) is 1.60. The molecule has 0 saturated carbocycles.